The molecule has 3 aromatic rings. The van der Waals surface area contributed by atoms with E-state index in [1.54, 1.807) is 12.1 Å². The van der Waals surface area contributed by atoms with E-state index in [0.717, 1.165) is 19.7 Å². The zero-order chi connectivity index (χ0) is 16.6. The monoisotopic (exact) mass is 450 g/mol. The zero-order valence-corrected chi connectivity index (χ0v) is 15.5. The molecule has 0 heterocycles. The Morgan fingerprint density at radius 1 is 1.04 bits per heavy atom. The summed E-state index contributed by atoms with van der Waals surface area (Å²) in [5, 5.41) is 11.4. The summed E-state index contributed by atoms with van der Waals surface area (Å²) in [6.45, 7) is 0. The molecule has 114 valence electrons. The van der Waals surface area contributed by atoms with Gasteiger partial charge < -0.3 is 10.5 Å². The number of nitrogen functional groups attached to an aromatic ring is 1. The van der Waals surface area contributed by atoms with Crippen LogP contribution in [-0.4, -0.2) is 0 Å². The number of nitrogens with two attached hydrogens (primary N) is 1. The third-order valence-electron chi connectivity index (χ3n) is 3.35. The Balaban J connectivity index is 2.08. The zero-order valence-electron chi connectivity index (χ0n) is 11.6. The molecule has 0 bridgehead atoms. The van der Waals surface area contributed by atoms with Gasteiger partial charge in [0, 0.05) is 4.47 Å². The number of hydrogen-bond donors (Lipinski definition) is 1. The van der Waals surface area contributed by atoms with E-state index in [1.165, 1.54) is 0 Å². The number of benzene rings is 3. The molecule has 0 atom stereocenters. The first kappa shape index (κ1) is 16.1. The maximum atomic E-state index is 9.13. The molecular formula is C17H9Br2ClN2O. The predicted molar refractivity (Wildman–Crippen MR) is 100 cm³/mol. The molecule has 0 amide bonds. The highest BCUT2D eigenvalue weighted by molar-refractivity contribution is 9.11. The molecule has 0 aliphatic carbocycles. The third kappa shape index (κ3) is 3.02. The SMILES string of the molecule is N#Cc1c(N)ccc(Oc2ccc3cc(Br)ccc3c2Br)c1Cl. The minimum atomic E-state index is 0.204. The molecule has 0 aromatic heterocycles. The lowest BCUT2D eigenvalue weighted by Crippen LogP contribution is -1.94. The lowest BCUT2D eigenvalue weighted by atomic mass is 10.1. The number of anilines is 1. The summed E-state index contributed by atoms with van der Waals surface area (Å²) in [6.07, 6.45) is 0. The smallest absolute Gasteiger partial charge is 0.147 e. The van der Waals surface area contributed by atoms with Crippen LogP contribution >= 0.6 is 43.5 Å². The normalized spacial score (nSPS) is 10.5. The molecule has 0 fully saturated rings. The van der Waals surface area contributed by atoms with Crippen molar-refractivity contribution in [1.82, 2.24) is 0 Å². The van der Waals surface area contributed by atoms with E-state index >= 15 is 0 Å². The standard InChI is InChI=1S/C17H9Br2ClN2O/c18-10-2-3-11-9(7-10)1-5-14(16(11)19)23-15-6-4-13(22)12(8-21)17(15)20/h1-7H,22H2. The number of fused-ring (bicyclic) bond motifs is 1. The molecule has 0 saturated heterocycles. The summed E-state index contributed by atoms with van der Waals surface area (Å²) in [4.78, 5) is 0. The van der Waals surface area contributed by atoms with Crippen LogP contribution in [0.5, 0.6) is 11.5 Å². The fourth-order valence-electron chi connectivity index (χ4n) is 2.20. The van der Waals surface area contributed by atoms with Gasteiger partial charge in [-0.1, -0.05) is 39.7 Å². The number of rotatable bonds is 2. The van der Waals surface area contributed by atoms with Crippen molar-refractivity contribution in [3.63, 3.8) is 0 Å². The number of nitriles is 1. The lowest BCUT2D eigenvalue weighted by molar-refractivity contribution is 0.481. The molecule has 23 heavy (non-hydrogen) atoms. The van der Waals surface area contributed by atoms with Gasteiger partial charge >= 0.3 is 0 Å². The highest BCUT2D eigenvalue weighted by atomic mass is 79.9. The Kier molecular flexibility index (Phi) is 4.49. The first-order valence-electron chi connectivity index (χ1n) is 6.55. The highest BCUT2D eigenvalue weighted by Gasteiger charge is 2.14. The Hall–Kier alpha value is -1.74. The van der Waals surface area contributed by atoms with Crippen molar-refractivity contribution in [3.8, 4) is 17.6 Å². The Morgan fingerprint density at radius 3 is 2.52 bits per heavy atom. The van der Waals surface area contributed by atoms with Gasteiger partial charge in [-0.15, -0.1) is 0 Å². The number of nitrogens with zero attached hydrogens (tertiary/aromatic N) is 1. The van der Waals surface area contributed by atoms with Crippen LogP contribution < -0.4 is 10.5 Å². The summed E-state index contributed by atoms with van der Waals surface area (Å²) >= 11 is 13.2. The van der Waals surface area contributed by atoms with E-state index < -0.39 is 0 Å². The van der Waals surface area contributed by atoms with Crippen LogP contribution in [0.4, 0.5) is 5.69 Å². The van der Waals surface area contributed by atoms with E-state index in [2.05, 4.69) is 31.9 Å². The van der Waals surface area contributed by atoms with Gasteiger partial charge in [0.15, 0.2) is 0 Å². The van der Waals surface area contributed by atoms with Gasteiger partial charge in [-0.3, -0.25) is 0 Å². The van der Waals surface area contributed by atoms with Crippen LogP contribution in [0.2, 0.25) is 5.02 Å². The molecule has 0 unspecified atom stereocenters. The average molecular weight is 453 g/mol. The van der Waals surface area contributed by atoms with Crippen molar-refractivity contribution in [2.24, 2.45) is 0 Å². The second kappa shape index (κ2) is 6.40. The number of hydrogen-bond acceptors (Lipinski definition) is 3. The first-order valence-corrected chi connectivity index (χ1v) is 8.51. The van der Waals surface area contributed by atoms with Crippen molar-refractivity contribution >= 4 is 59.9 Å². The van der Waals surface area contributed by atoms with Crippen molar-refractivity contribution < 1.29 is 4.74 Å². The van der Waals surface area contributed by atoms with Crippen LogP contribution in [-0.2, 0) is 0 Å². The topological polar surface area (TPSA) is 59.0 Å². The van der Waals surface area contributed by atoms with Gasteiger partial charge in [0.05, 0.1) is 15.7 Å². The van der Waals surface area contributed by atoms with E-state index in [1.807, 2.05) is 36.4 Å². The second-order valence-corrected chi connectivity index (χ2v) is 6.89. The Morgan fingerprint density at radius 2 is 1.78 bits per heavy atom. The maximum absolute atomic E-state index is 9.13. The lowest BCUT2D eigenvalue weighted by Gasteiger charge is -2.12. The van der Waals surface area contributed by atoms with Crippen molar-refractivity contribution in [2.75, 3.05) is 5.73 Å². The summed E-state index contributed by atoms with van der Waals surface area (Å²) in [6, 6.07) is 15.0. The summed E-state index contributed by atoms with van der Waals surface area (Å²) < 4.78 is 7.70. The fourth-order valence-corrected chi connectivity index (χ4v) is 3.41. The van der Waals surface area contributed by atoms with E-state index in [4.69, 9.17) is 27.3 Å². The van der Waals surface area contributed by atoms with Gasteiger partial charge in [0.25, 0.3) is 0 Å². The molecule has 0 radical (unpaired) electrons. The van der Waals surface area contributed by atoms with Gasteiger partial charge in [-0.2, -0.15) is 5.26 Å². The Bertz CT molecular complexity index is 967. The summed E-state index contributed by atoms with van der Waals surface area (Å²) in [5.74, 6) is 0.991. The molecular weight excluding hydrogens is 443 g/mol. The van der Waals surface area contributed by atoms with Gasteiger partial charge in [0.2, 0.25) is 0 Å². The number of halogens is 3. The molecule has 0 saturated carbocycles. The third-order valence-corrected chi connectivity index (χ3v) is 5.04. The average Bonchev–Trinajstić information content (AvgIpc) is 2.53. The molecule has 3 aromatic carbocycles. The predicted octanol–water partition coefficient (Wildman–Crippen LogP) is 6.26. The van der Waals surface area contributed by atoms with Crippen LogP contribution in [0.3, 0.4) is 0 Å². The highest BCUT2D eigenvalue weighted by Crippen LogP contribution is 2.40. The first-order chi connectivity index (χ1) is 11.0. The molecule has 0 aliphatic rings. The van der Waals surface area contributed by atoms with E-state index in [0.29, 0.717) is 17.2 Å². The van der Waals surface area contributed by atoms with Crippen LogP contribution in [0.25, 0.3) is 10.8 Å². The van der Waals surface area contributed by atoms with Crippen LogP contribution in [0.1, 0.15) is 5.56 Å². The molecule has 0 aliphatic heterocycles. The maximum Gasteiger partial charge on any atom is 0.147 e. The van der Waals surface area contributed by atoms with E-state index in [9.17, 15) is 0 Å². The fraction of sp³-hybridized carbons (Fsp3) is 0. The molecule has 2 N–H and O–H groups in total. The summed E-state index contributed by atoms with van der Waals surface area (Å²) in [7, 11) is 0. The molecule has 3 rings (SSSR count). The van der Waals surface area contributed by atoms with Gasteiger partial charge in [0.1, 0.15) is 22.6 Å². The second-order valence-electron chi connectivity index (χ2n) is 4.80. The van der Waals surface area contributed by atoms with Crippen molar-refractivity contribution in [3.05, 3.63) is 62.0 Å². The van der Waals surface area contributed by atoms with Gasteiger partial charge in [-0.05, 0) is 57.0 Å². The molecule has 0 spiro atoms. The number of ether oxygens (including phenoxy) is 1. The van der Waals surface area contributed by atoms with Gasteiger partial charge in [-0.25, -0.2) is 0 Å². The molecule has 6 heteroatoms. The minimum absolute atomic E-state index is 0.204. The van der Waals surface area contributed by atoms with Crippen molar-refractivity contribution in [2.45, 2.75) is 0 Å². The summed E-state index contributed by atoms with van der Waals surface area (Å²) in [5.41, 5.74) is 6.28. The largest absolute Gasteiger partial charge is 0.455 e. The quantitative estimate of drug-likeness (QED) is 0.467. The van der Waals surface area contributed by atoms with Crippen molar-refractivity contribution in [1.29, 1.82) is 5.26 Å². The Labute approximate surface area is 154 Å². The van der Waals surface area contributed by atoms with Crippen LogP contribution in [0.15, 0.2) is 51.4 Å². The van der Waals surface area contributed by atoms with Crippen LogP contribution in [0, 0.1) is 11.3 Å². The molecule has 3 nitrogen and oxygen atoms in total. The van der Waals surface area contributed by atoms with E-state index in [-0.39, 0.29) is 10.6 Å². The minimum Gasteiger partial charge on any atom is -0.455 e.